The van der Waals surface area contributed by atoms with E-state index in [1.807, 2.05) is 18.7 Å². The Labute approximate surface area is 128 Å². The van der Waals surface area contributed by atoms with Crippen LogP contribution < -0.4 is 5.32 Å². The summed E-state index contributed by atoms with van der Waals surface area (Å²) in [6.07, 6.45) is 5.75. The molecule has 2 unspecified atom stereocenters. The average molecular weight is 285 g/mol. The molecule has 0 aliphatic rings. The maximum Gasteiger partial charge on any atom is 0.0946 e. The van der Waals surface area contributed by atoms with Crippen LogP contribution in [0.3, 0.4) is 0 Å². The molecule has 0 spiro atoms. The van der Waals surface area contributed by atoms with Gasteiger partial charge < -0.3 is 9.88 Å². The normalized spacial score (nSPS) is 14.9. The highest BCUT2D eigenvalue weighted by Crippen LogP contribution is 2.25. The highest BCUT2D eigenvalue weighted by molar-refractivity contribution is 5.28. The van der Waals surface area contributed by atoms with Gasteiger partial charge in [-0.25, -0.2) is 4.98 Å². The molecule has 3 nitrogen and oxygen atoms in total. The summed E-state index contributed by atoms with van der Waals surface area (Å²) in [6, 6.07) is 9.31. The van der Waals surface area contributed by atoms with E-state index in [0.29, 0.717) is 12.1 Å². The van der Waals surface area contributed by atoms with E-state index < -0.39 is 0 Å². The third kappa shape index (κ3) is 4.18. The molecule has 3 heteroatoms. The summed E-state index contributed by atoms with van der Waals surface area (Å²) in [5.74, 6) is 0. The molecule has 21 heavy (non-hydrogen) atoms. The van der Waals surface area contributed by atoms with Gasteiger partial charge >= 0.3 is 0 Å². The van der Waals surface area contributed by atoms with E-state index in [2.05, 4.69) is 73.8 Å². The lowest BCUT2D eigenvalue weighted by molar-refractivity contribution is 0.225. The minimum atomic E-state index is 0.182. The van der Waals surface area contributed by atoms with Crippen molar-refractivity contribution in [2.24, 2.45) is 5.41 Å². The lowest BCUT2D eigenvalue weighted by Crippen LogP contribution is -2.44. The maximum atomic E-state index is 4.14. The van der Waals surface area contributed by atoms with E-state index in [1.165, 1.54) is 11.1 Å². The van der Waals surface area contributed by atoms with Crippen LogP contribution >= 0.6 is 0 Å². The second kappa shape index (κ2) is 6.44. The standard InChI is InChI=1S/C18H27N3/c1-14-8-6-7-9-16(14)15(2)20-17(18(3,4)5)12-21-11-10-19-13-21/h6-11,13,15,17,20H,12H2,1-5H3. The van der Waals surface area contributed by atoms with E-state index in [-0.39, 0.29) is 5.41 Å². The van der Waals surface area contributed by atoms with Crippen molar-refractivity contribution in [1.82, 2.24) is 14.9 Å². The van der Waals surface area contributed by atoms with Crippen LogP contribution in [0, 0.1) is 12.3 Å². The van der Waals surface area contributed by atoms with Crippen LogP contribution in [0.1, 0.15) is 44.9 Å². The van der Waals surface area contributed by atoms with E-state index in [0.717, 1.165) is 6.54 Å². The molecule has 1 aromatic heterocycles. The number of rotatable bonds is 5. The van der Waals surface area contributed by atoms with Gasteiger partial charge in [0.1, 0.15) is 0 Å². The van der Waals surface area contributed by atoms with Gasteiger partial charge in [-0.3, -0.25) is 0 Å². The largest absolute Gasteiger partial charge is 0.336 e. The van der Waals surface area contributed by atoms with Gasteiger partial charge in [0.2, 0.25) is 0 Å². The number of nitrogens with one attached hydrogen (secondary N) is 1. The Morgan fingerprint density at radius 1 is 1.24 bits per heavy atom. The Balaban J connectivity index is 2.13. The molecule has 114 valence electrons. The molecule has 2 rings (SSSR count). The Morgan fingerprint density at radius 2 is 1.95 bits per heavy atom. The van der Waals surface area contributed by atoms with Crippen LogP contribution in [0.2, 0.25) is 0 Å². The molecule has 0 saturated heterocycles. The first kappa shape index (κ1) is 15.8. The lowest BCUT2D eigenvalue weighted by Gasteiger charge is -2.35. The first-order valence-electron chi connectivity index (χ1n) is 7.65. The third-order valence-electron chi connectivity index (χ3n) is 4.10. The number of aromatic nitrogens is 2. The maximum absolute atomic E-state index is 4.14. The highest BCUT2D eigenvalue weighted by Gasteiger charge is 2.26. The number of hydrogen-bond donors (Lipinski definition) is 1. The second-order valence-electron chi connectivity index (χ2n) is 6.92. The molecular weight excluding hydrogens is 258 g/mol. The molecule has 2 atom stereocenters. The highest BCUT2D eigenvalue weighted by atomic mass is 15.1. The zero-order chi connectivity index (χ0) is 15.5. The number of nitrogens with zero attached hydrogens (tertiary/aromatic N) is 2. The number of aryl methyl sites for hydroxylation is 1. The summed E-state index contributed by atoms with van der Waals surface area (Å²) in [5, 5.41) is 3.80. The lowest BCUT2D eigenvalue weighted by atomic mass is 9.85. The molecule has 0 amide bonds. The van der Waals surface area contributed by atoms with Gasteiger partial charge in [0.05, 0.1) is 6.33 Å². The average Bonchev–Trinajstić information content (AvgIpc) is 2.90. The second-order valence-corrected chi connectivity index (χ2v) is 6.92. The van der Waals surface area contributed by atoms with Crippen molar-refractivity contribution in [3.05, 3.63) is 54.1 Å². The first-order valence-corrected chi connectivity index (χ1v) is 7.65. The van der Waals surface area contributed by atoms with E-state index in [4.69, 9.17) is 0 Å². The van der Waals surface area contributed by atoms with Crippen LogP contribution in [-0.2, 0) is 6.54 Å². The third-order valence-corrected chi connectivity index (χ3v) is 4.10. The monoisotopic (exact) mass is 285 g/mol. The quantitative estimate of drug-likeness (QED) is 0.901. The summed E-state index contributed by atoms with van der Waals surface area (Å²) in [4.78, 5) is 4.14. The molecule has 0 aliphatic heterocycles. The molecule has 0 bridgehead atoms. The molecular formula is C18H27N3. The predicted octanol–water partition coefficient (Wildman–Crippen LogP) is 3.96. The molecule has 0 fully saturated rings. The minimum Gasteiger partial charge on any atom is -0.336 e. The van der Waals surface area contributed by atoms with Crippen molar-refractivity contribution in [1.29, 1.82) is 0 Å². The molecule has 2 aromatic rings. The Bertz CT molecular complexity index is 552. The Hall–Kier alpha value is -1.61. The minimum absolute atomic E-state index is 0.182. The fourth-order valence-electron chi connectivity index (χ4n) is 2.65. The number of imidazole rings is 1. The predicted molar refractivity (Wildman–Crippen MR) is 88.2 cm³/mol. The fraction of sp³-hybridized carbons (Fsp3) is 0.500. The molecule has 0 saturated carbocycles. The van der Waals surface area contributed by atoms with Gasteiger partial charge in [0.25, 0.3) is 0 Å². The van der Waals surface area contributed by atoms with Crippen LogP contribution in [-0.4, -0.2) is 15.6 Å². The van der Waals surface area contributed by atoms with Gasteiger partial charge in [-0.2, -0.15) is 0 Å². The molecule has 0 aliphatic carbocycles. The van der Waals surface area contributed by atoms with Crippen molar-refractivity contribution >= 4 is 0 Å². The van der Waals surface area contributed by atoms with Crippen LogP contribution in [0.5, 0.6) is 0 Å². The van der Waals surface area contributed by atoms with Gasteiger partial charge in [0, 0.05) is 31.0 Å². The zero-order valence-corrected chi connectivity index (χ0v) is 13.8. The number of benzene rings is 1. The van der Waals surface area contributed by atoms with Crippen LogP contribution in [0.4, 0.5) is 0 Å². The van der Waals surface area contributed by atoms with Crippen molar-refractivity contribution in [2.45, 2.75) is 53.2 Å². The molecule has 1 N–H and O–H groups in total. The summed E-state index contributed by atoms with van der Waals surface area (Å²) >= 11 is 0. The number of hydrogen-bond acceptors (Lipinski definition) is 2. The van der Waals surface area contributed by atoms with Crippen LogP contribution in [0.25, 0.3) is 0 Å². The van der Waals surface area contributed by atoms with Gasteiger partial charge in [-0.15, -0.1) is 0 Å². The van der Waals surface area contributed by atoms with Gasteiger partial charge in [0.15, 0.2) is 0 Å². The van der Waals surface area contributed by atoms with Gasteiger partial charge in [-0.05, 0) is 30.4 Å². The van der Waals surface area contributed by atoms with E-state index in [9.17, 15) is 0 Å². The summed E-state index contributed by atoms with van der Waals surface area (Å²) < 4.78 is 2.15. The van der Waals surface area contributed by atoms with E-state index in [1.54, 1.807) is 0 Å². The van der Waals surface area contributed by atoms with Crippen molar-refractivity contribution in [3.8, 4) is 0 Å². The summed E-state index contributed by atoms with van der Waals surface area (Å²) in [7, 11) is 0. The van der Waals surface area contributed by atoms with Crippen molar-refractivity contribution in [3.63, 3.8) is 0 Å². The Morgan fingerprint density at radius 3 is 2.52 bits per heavy atom. The SMILES string of the molecule is Cc1ccccc1C(C)NC(Cn1ccnc1)C(C)(C)C. The fourth-order valence-corrected chi connectivity index (χ4v) is 2.65. The van der Waals surface area contributed by atoms with E-state index >= 15 is 0 Å². The Kier molecular flexibility index (Phi) is 4.84. The van der Waals surface area contributed by atoms with Crippen LogP contribution in [0.15, 0.2) is 43.0 Å². The topological polar surface area (TPSA) is 29.9 Å². The van der Waals surface area contributed by atoms with Gasteiger partial charge in [-0.1, -0.05) is 45.0 Å². The molecule has 1 aromatic carbocycles. The first-order chi connectivity index (χ1) is 9.88. The smallest absolute Gasteiger partial charge is 0.0946 e. The van der Waals surface area contributed by atoms with Crippen molar-refractivity contribution in [2.75, 3.05) is 0 Å². The zero-order valence-electron chi connectivity index (χ0n) is 13.8. The van der Waals surface area contributed by atoms with Crippen molar-refractivity contribution < 1.29 is 0 Å². The molecule has 0 radical (unpaired) electrons. The summed E-state index contributed by atoms with van der Waals surface area (Å²) in [5.41, 5.74) is 2.89. The molecule has 1 heterocycles. The summed E-state index contributed by atoms with van der Waals surface area (Å²) in [6.45, 7) is 12.2.